The zero-order valence-corrected chi connectivity index (χ0v) is 11.9. The average Bonchev–Trinajstić information content (AvgIpc) is 2.30. The molecule has 0 N–H and O–H groups in total. The van der Waals surface area contributed by atoms with Gasteiger partial charge in [0.15, 0.2) is 0 Å². The van der Waals surface area contributed by atoms with Crippen molar-refractivity contribution in [3.63, 3.8) is 0 Å². The van der Waals surface area contributed by atoms with Crippen molar-refractivity contribution in [3.05, 3.63) is 0 Å². The lowest BCUT2D eigenvalue weighted by molar-refractivity contribution is 0.518. The number of rotatable bonds is 6. The van der Waals surface area contributed by atoms with Crippen LogP contribution in [0.15, 0.2) is 0 Å². The Morgan fingerprint density at radius 1 is 0.941 bits per heavy atom. The first-order valence-corrected chi connectivity index (χ1v) is 6.56. The van der Waals surface area contributed by atoms with E-state index in [1.807, 2.05) is 0 Å². The van der Waals surface area contributed by atoms with E-state index in [9.17, 15) is 0 Å². The number of hydrogen-bond acceptors (Lipinski definition) is 0. The summed E-state index contributed by atoms with van der Waals surface area (Å²) < 4.78 is 0. The minimum atomic E-state index is 0.904. The third-order valence-electron chi connectivity index (χ3n) is 2.21. The standard InChI is InChI=1S/C10H22.C7H4/c1-4-5-6-7-8-9-10(2)3;1-3-5-7-6-4-2/h10H,4-9H2,1-3H3;1H,2H3. The molecule has 17 heavy (non-hydrogen) atoms. The molecule has 0 amide bonds. The van der Waals surface area contributed by atoms with Crippen LogP contribution in [0, 0.1) is 41.9 Å². The zero-order valence-electron chi connectivity index (χ0n) is 11.9. The Balaban J connectivity index is 0. The molecule has 0 aromatic rings. The lowest BCUT2D eigenvalue weighted by Gasteiger charge is -2.02. The molecule has 0 spiro atoms. The van der Waals surface area contributed by atoms with Crippen LogP contribution in [0.1, 0.15) is 66.2 Å². The fourth-order valence-electron chi connectivity index (χ4n) is 1.29. The molecule has 0 unspecified atom stereocenters. The molecule has 0 bridgehead atoms. The van der Waals surface area contributed by atoms with Crippen LogP contribution in [0.3, 0.4) is 0 Å². The summed E-state index contributed by atoms with van der Waals surface area (Å²) in [7, 11) is 0. The van der Waals surface area contributed by atoms with Crippen LogP contribution in [-0.4, -0.2) is 0 Å². The minimum absolute atomic E-state index is 0.904. The maximum Gasteiger partial charge on any atom is -0.00108 e. The second-order valence-electron chi connectivity index (χ2n) is 4.37. The first kappa shape index (κ1) is 18.1. The Kier molecular flexibility index (Phi) is 18.1. The summed E-state index contributed by atoms with van der Waals surface area (Å²) in [6.45, 7) is 8.59. The maximum absolute atomic E-state index is 4.78. The molecule has 0 heteroatoms. The van der Waals surface area contributed by atoms with Crippen molar-refractivity contribution in [2.75, 3.05) is 0 Å². The molecule has 0 rings (SSSR count). The third-order valence-corrected chi connectivity index (χ3v) is 2.21. The molecule has 0 aliphatic carbocycles. The molecule has 0 atom stereocenters. The van der Waals surface area contributed by atoms with E-state index >= 15 is 0 Å². The predicted molar refractivity (Wildman–Crippen MR) is 78.3 cm³/mol. The Labute approximate surface area is 109 Å². The van der Waals surface area contributed by atoms with E-state index in [0.29, 0.717) is 0 Å². The van der Waals surface area contributed by atoms with E-state index in [1.54, 1.807) is 6.92 Å². The highest BCUT2D eigenvalue weighted by molar-refractivity contribution is 5.33. The first-order chi connectivity index (χ1) is 8.18. The highest BCUT2D eigenvalue weighted by Gasteiger charge is 1.92. The summed E-state index contributed by atoms with van der Waals surface area (Å²) >= 11 is 0. The van der Waals surface area contributed by atoms with Crippen LogP contribution in [-0.2, 0) is 0 Å². The fraction of sp³-hybridized carbons (Fsp3) is 0.647. The summed E-state index contributed by atoms with van der Waals surface area (Å²) in [5, 5.41) is 0. The highest BCUT2D eigenvalue weighted by Crippen LogP contribution is 2.09. The Morgan fingerprint density at radius 2 is 1.59 bits per heavy atom. The lowest BCUT2D eigenvalue weighted by atomic mass is 10.0. The van der Waals surface area contributed by atoms with E-state index < -0.39 is 0 Å². The Morgan fingerprint density at radius 3 is 2.06 bits per heavy atom. The molecule has 0 aromatic heterocycles. The van der Waals surface area contributed by atoms with Gasteiger partial charge in [-0.05, 0) is 36.5 Å². The monoisotopic (exact) mass is 230 g/mol. The van der Waals surface area contributed by atoms with Crippen molar-refractivity contribution in [2.45, 2.75) is 66.2 Å². The van der Waals surface area contributed by atoms with Crippen molar-refractivity contribution >= 4 is 0 Å². The van der Waals surface area contributed by atoms with Gasteiger partial charge < -0.3 is 0 Å². The van der Waals surface area contributed by atoms with Gasteiger partial charge in [-0.2, -0.15) is 0 Å². The Hall–Kier alpha value is -1.32. The van der Waals surface area contributed by atoms with Gasteiger partial charge in [-0.25, -0.2) is 0 Å². The van der Waals surface area contributed by atoms with Gasteiger partial charge in [-0.15, -0.1) is 6.42 Å². The fourth-order valence-corrected chi connectivity index (χ4v) is 1.29. The van der Waals surface area contributed by atoms with Crippen LogP contribution in [0.2, 0.25) is 0 Å². The van der Waals surface area contributed by atoms with Gasteiger partial charge >= 0.3 is 0 Å². The van der Waals surface area contributed by atoms with Gasteiger partial charge in [0.1, 0.15) is 0 Å². The molecule has 94 valence electrons. The van der Waals surface area contributed by atoms with Crippen molar-refractivity contribution in [3.8, 4) is 36.0 Å². The topological polar surface area (TPSA) is 0 Å². The van der Waals surface area contributed by atoms with Crippen molar-refractivity contribution < 1.29 is 0 Å². The third kappa shape index (κ3) is 25.2. The second-order valence-corrected chi connectivity index (χ2v) is 4.37. The number of terminal acetylenes is 1. The van der Waals surface area contributed by atoms with Gasteiger partial charge in [0, 0.05) is 0 Å². The van der Waals surface area contributed by atoms with Crippen LogP contribution in [0.25, 0.3) is 0 Å². The summed E-state index contributed by atoms with van der Waals surface area (Å²) in [6.07, 6.45) is 13.3. The quantitative estimate of drug-likeness (QED) is 0.460. The van der Waals surface area contributed by atoms with Crippen molar-refractivity contribution in [1.82, 2.24) is 0 Å². The van der Waals surface area contributed by atoms with Gasteiger partial charge in [-0.3, -0.25) is 0 Å². The van der Waals surface area contributed by atoms with Gasteiger partial charge in [0.25, 0.3) is 0 Å². The molecule has 0 saturated heterocycles. The summed E-state index contributed by atoms with van der Waals surface area (Å²) in [6, 6.07) is 0. The minimum Gasteiger partial charge on any atom is -0.106 e. The van der Waals surface area contributed by atoms with Gasteiger partial charge in [-0.1, -0.05) is 65.2 Å². The van der Waals surface area contributed by atoms with Crippen molar-refractivity contribution in [1.29, 1.82) is 0 Å². The highest BCUT2D eigenvalue weighted by atomic mass is 14.0. The largest absolute Gasteiger partial charge is 0.106 e. The smallest absolute Gasteiger partial charge is 0.00108 e. The molecule has 0 nitrogen and oxygen atoms in total. The van der Waals surface area contributed by atoms with Gasteiger partial charge in [0.05, 0.1) is 0 Å². The summed E-state index contributed by atoms with van der Waals surface area (Å²) in [5.74, 6) is 12.9. The molecule has 0 saturated carbocycles. The van der Waals surface area contributed by atoms with Crippen LogP contribution in [0.5, 0.6) is 0 Å². The molecule has 0 aliphatic rings. The SMILES string of the molecule is C#CC#CC#CC.CCCCCCCC(C)C. The Bertz CT molecular complexity index is 293. The van der Waals surface area contributed by atoms with Crippen LogP contribution < -0.4 is 0 Å². The maximum atomic E-state index is 4.78. The van der Waals surface area contributed by atoms with Gasteiger partial charge in [0.2, 0.25) is 0 Å². The number of unbranched alkanes of at least 4 members (excludes halogenated alkanes) is 4. The zero-order chi connectivity index (χ0) is 13.4. The van der Waals surface area contributed by atoms with E-state index in [4.69, 9.17) is 6.42 Å². The summed E-state index contributed by atoms with van der Waals surface area (Å²) in [5.41, 5.74) is 0. The first-order valence-electron chi connectivity index (χ1n) is 6.56. The lowest BCUT2D eigenvalue weighted by Crippen LogP contribution is -1.86. The predicted octanol–water partition coefficient (Wildman–Crippen LogP) is 4.65. The van der Waals surface area contributed by atoms with E-state index in [1.165, 1.54) is 38.5 Å². The average molecular weight is 230 g/mol. The molecule has 0 fully saturated rings. The summed E-state index contributed by atoms with van der Waals surface area (Å²) in [4.78, 5) is 0. The molecule has 0 aromatic carbocycles. The van der Waals surface area contributed by atoms with Crippen LogP contribution in [0.4, 0.5) is 0 Å². The van der Waals surface area contributed by atoms with E-state index in [2.05, 4.69) is 50.4 Å². The number of hydrogen-bond donors (Lipinski definition) is 0. The molecule has 0 heterocycles. The molecular formula is C17H26. The molecule has 0 radical (unpaired) electrons. The molecule has 0 aliphatic heterocycles. The van der Waals surface area contributed by atoms with E-state index in [0.717, 1.165) is 5.92 Å². The normalized spacial score (nSPS) is 7.76. The molecular weight excluding hydrogens is 204 g/mol. The van der Waals surface area contributed by atoms with Crippen molar-refractivity contribution in [2.24, 2.45) is 5.92 Å². The second kappa shape index (κ2) is 17.1. The van der Waals surface area contributed by atoms with E-state index in [-0.39, 0.29) is 0 Å². The van der Waals surface area contributed by atoms with Crippen LogP contribution >= 0.6 is 0 Å².